The van der Waals surface area contributed by atoms with E-state index in [1.807, 2.05) is 20.0 Å². The monoisotopic (exact) mass is 318 g/mol. The molecule has 17 heavy (non-hydrogen) atoms. The van der Waals surface area contributed by atoms with Crippen LogP contribution in [0.3, 0.4) is 0 Å². The van der Waals surface area contributed by atoms with E-state index in [0.717, 1.165) is 14.2 Å². The number of rotatable bonds is 4. The largest absolute Gasteiger partial charge is 0.340 e. The van der Waals surface area contributed by atoms with Gasteiger partial charge in [0.2, 0.25) is 0 Å². The Kier molecular flexibility index (Phi) is 4.75. The normalized spacial score (nSPS) is 11.6. The van der Waals surface area contributed by atoms with Gasteiger partial charge in [-0.15, -0.1) is 11.3 Å². The number of amides is 1. The molecule has 0 fully saturated rings. The maximum Gasteiger partial charge on any atom is 0.263 e. The summed E-state index contributed by atoms with van der Waals surface area (Å²) in [5.41, 5.74) is 6.73. The van der Waals surface area contributed by atoms with Crippen LogP contribution in [-0.4, -0.2) is 30.9 Å². The summed E-state index contributed by atoms with van der Waals surface area (Å²) in [7, 11) is 1.82. The minimum absolute atomic E-state index is 0.0477. The van der Waals surface area contributed by atoms with Crippen LogP contribution in [0.5, 0.6) is 0 Å². The molecule has 1 amide bonds. The Hall–Kier alpha value is -0.390. The van der Waals surface area contributed by atoms with Crippen LogP contribution in [0.2, 0.25) is 0 Å². The molecule has 2 N–H and O–H groups in total. The highest BCUT2D eigenvalue weighted by Crippen LogP contribution is 2.28. The Labute approximate surface area is 115 Å². The fourth-order valence-corrected chi connectivity index (χ4v) is 3.06. The number of nitrogens with two attached hydrogens (primary N) is 1. The van der Waals surface area contributed by atoms with E-state index in [4.69, 9.17) is 5.73 Å². The Bertz CT molecular complexity index is 395. The van der Waals surface area contributed by atoms with E-state index in [1.165, 1.54) is 11.3 Å². The van der Waals surface area contributed by atoms with Crippen LogP contribution in [0, 0.1) is 12.3 Å². The van der Waals surface area contributed by atoms with Crippen molar-refractivity contribution in [1.82, 2.24) is 4.90 Å². The van der Waals surface area contributed by atoms with Crippen LogP contribution in [0.4, 0.5) is 0 Å². The molecule has 0 aliphatic carbocycles. The van der Waals surface area contributed by atoms with Gasteiger partial charge in [-0.1, -0.05) is 13.8 Å². The van der Waals surface area contributed by atoms with Crippen molar-refractivity contribution in [3.8, 4) is 0 Å². The summed E-state index contributed by atoms with van der Waals surface area (Å²) in [6, 6.07) is 1.92. The third kappa shape index (κ3) is 3.79. The lowest BCUT2D eigenvalue weighted by Gasteiger charge is -2.28. The van der Waals surface area contributed by atoms with Gasteiger partial charge >= 0.3 is 0 Å². The van der Waals surface area contributed by atoms with Gasteiger partial charge in [-0.2, -0.15) is 0 Å². The van der Waals surface area contributed by atoms with E-state index in [9.17, 15) is 4.79 Å². The second-order valence-electron chi connectivity index (χ2n) is 5.10. The molecule has 0 saturated carbocycles. The van der Waals surface area contributed by atoms with Crippen LogP contribution < -0.4 is 5.73 Å². The minimum Gasteiger partial charge on any atom is -0.340 e. The smallest absolute Gasteiger partial charge is 0.263 e. The highest BCUT2D eigenvalue weighted by molar-refractivity contribution is 9.11. The molecule has 1 heterocycles. The van der Waals surface area contributed by atoms with Crippen LogP contribution >= 0.6 is 27.3 Å². The lowest BCUT2D eigenvalue weighted by atomic mass is 9.93. The van der Waals surface area contributed by atoms with Crippen molar-refractivity contribution in [1.29, 1.82) is 0 Å². The molecule has 0 spiro atoms. The Morgan fingerprint density at radius 1 is 1.59 bits per heavy atom. The zero-order valence-corrected chi connectivity index (χ0v) is 13.1. The molecule has 0 saturated heterocycles. The van der Waals surface area contributed by atoms with Crippen LogP contribution in [-0.2, 0) is 0 Å². The Morgan fingerprint density at radius 3 is 2.59 bits per heavy atom. The molecule has 1 aromatic heterocycles. The van der Waals surface area contributed by atoms with Crippen molar-refractivity contribution in [3.63, 3.8) is 0 Å². The number of thiophene rings is 1. The van der Waals surface area contributed by atoms with Crippen LogP contribution in [0.25, 0.3) is 0 Å². The molecule has 1 rings (SSSR count). The van der Waals surface area contributed by atoms with Gasteiger partial charge in [-0.25, -0.2) is 0 Å². The summed E-state index contributed by atoms with van der Waals surface area (Å²) in [6.07, 6.45) is 0. The average Bonchev–Trinajstić information content (AvgIpc) is 2.57. The fourth-order valence-electron chi connectivity index (χ4n) is 1.53. The molecule has 3 nitrogen and oxygen atoms in total. The maximum atomic E-state index is 12.2. The molecule has 5 heteroatoms. The predicted molar refractivity (Wildman–Crippen MR) is 76.6 cm³/mol. The molecule has 1 aromatic rings. The Morgan fingerprint density at radius 2 is 2.18 bits per heavy atom. The Balaban J connectivity index is 2.77. The predicted octanol–water partition coefficient (Wildman–Crippen LogP) is 2.88. The molecule has 96 valence electrons. The van der Waals surface area contributed by atoms with Crippen LogP contribution in [0.1, 0.15) is 29.1 Å². The molecule has 0 aliphatic heterocycles. The third-order valence-electron chi connectivity index (χ3n) is 2.63. The van der Waals surface area contributed by atoms with Gasteiger partial charge in [0.1, 0.15) is 0 Å². The summed E-state index contributed by atoms with van der Waals surface area (Å²) in [6.45, 7) is 7.34. The zero-order chi connectivity index (χ0) is 13.2. The van der Waals surface area contributed by atoms with Crippen molar-refractivity contribution in [2.75, 3.05) is 20.1 Å². The topological polar surface area (TPSA) is 46.3 Å². The summed E-state index contributed by atoms with van der Waals surface area (Å²) in [5, 5.41) is 0. The average molecular weight is 319 g/mol. The second kappa shape index (κ2) is 5.50. The summed E-state index contributed by atoms with van der Waals surface area (Å²) < 4.78 is 1.02. The number of carbonyl (C=O) groups is 1. The highest BCUT2D eigenvalue weighted by Gasteiger charge is 2.23. The van der Waals surface area contributed by atoms with Crippen molar-refractivity contribution in [2.45, 2.75) is 20.8 Å². The van der Waals surface area contributed by atoms with E-state index in [-0.39, 0.29) is 11.3 Å². The standard InChI is InChI=1S/C12H19BrN2OS/c1-8-5-9(17-10(8)13)11(16)15(4)7-12(2,3)6-14/h5H,6-7,14H2,1-4H3. The number of halogens is 1. The van der Waals surface area contributed by atoms with E-state index in [2.05, 4.69) is 29.8 Å². The lowest BCUT2D eigenvalue weighted by molar-refractivity contribution is 0.0745. The van der Waals surface area contributed by atoms with Gasteiger partial charge in [0.25, 0.3) is 5.91 Å². The number of hydrogen-bond donors (Lipinski definition) is 1. The molecule has 0 bridgehead atoms. The van der Waals surface area contributed by atoms with E-state index in [1.54, 1.807) is 4.90 Å². The fraction of sp³-hybridized carbons (Fsp3) is 0.583. The van der Waals surface area contributed by atoms with Crippen molar-refractivity contribution < 1.29 is 4.79 Å². The number of hydrogen-bond acceptors (Lipinski definition) is 3. The van der Waals surface area contributed by atoms with Gasteiger partial charge in [0.05, 0.1) is 8.66 Å². The van der Waals surface area contributed by atoms with Gasteiger partial charge < -0.3 is 10.6 Å². The second-order valence-corrected chi connectivity index (χ2v) is 7.47. The minimum atomic E-state index is -0.0477. The van der Waals surface area contributed by atoms with Gasteiger partial charge in [0.15, 0.2) is 0 Å². The number of carbonyl (C=O) groups excluding carboxylic acids is 1. The first-order valence-corrected chi connectivity index (χ1v) is 7.09. The summed E-state index contributed by atoms with van der Waals surface area (Å²) in [4.78, 5) is 14.7. The molecule has 0 aromatic carbocycles. The highest BCUT2D eigenvalue weighted by atomic mass is 79.9. The summed E-state index contributed by atoms with van der Waals surface area (Å²) >= 11 is 4.91. The van der Waals surface area contributed by atoms with E-state index >= 15 is 0 Å². The number of aryl methyl sites for hydroxylation is 1. The zero-order valence-electron chi connectivity index (χ0n) is 10.7. The van der Waals surface area contributed by atoms with E-state index < -0.39 is 0 Å². The molecule has 0 radical (unpaired) electrons. The van der Waals surface area contributed by atoms with Gasteiger partial charge in [0, 0.05) is 13.6 Å². The third-order valence-corrected chi connectivity index (χ3v) is 4.76. The molecular weight excluding hydrogens is 300 g/mol. The lowest BCUT2D eigenvalue weighted by Crippen LogP contribution is -2.39. The van der Waals surface area contributed by atoms with Gasteiger partial charge in [-0.3, -0.25) is 4.79 Å². The first kappa shape index (κ1) is 14.7. The molecular formula is C12H19BrN2OS. The number of nitrogens with zero attached hydrogens (tertiary/aromatic N) is 1. The maximum absolute atomic E-state index is 12.2. The van der Waals surface area contributed by atoms with Crippen molar-refractivity contribution in [2.24, 2.45) is 11.1 Å². The first-order valence-electron chi connectivity index (χ1n) is 5.48. The molecule has 0 aliphatic rings. The van der Waals surface area contributed by atoms with Crippen molar-refractivity contribution in [3.05, 3.63) is 20.3 Å². The quantitative estimate of drug-likeness (QED) is 0.927. The summed E-state index contributed by atoms with van der Waals surface area (Å²) in [5.74, 6) is 0.0605. The van der Waals surface area contributed by atoms with Gasteiger partial charge in [-0.05, 0) is 46.4 Å². The SMILES string of the molecule is Cc1cc(C(=O)N(C)CC(C)(C)CN)sc1Br. The first-order chi connectivity index (χ1) is 7.76. The van der Waals surface area contributed by atoms with E-state index in [0.29, 0.717) is 13.1 Å². The van der Waals surface area contributed by atoms with Crippen LogP contribution in [0.15, 0.2) is 9.85 Å². The van der Waals surface area contributed by atoms with Crippen molar-refractivity contribution >= 4 is 33.2 Å². The molecule has 0 atom stereocenters. The molecule has 0 unspecified atom stereocenters.